The summed E-state index contributed by atoms with van der Waals surface area (Å²) in [6.45, 7) is 0. The molecule has 3 N–H and O–H groups in total. The number of hydrogen-bond donors (Lipinski definition) is 3. The summed E-state index contributed by atoms with van der Waals surface area (Å²) in [4.78, 5) is 23.9. The van der Waals surface area contributed by atoms with Gasteiger partial charge in [-0.1, -0.05) is 11.3 Å². The van der Waals surface area contributed by atoms with Crippen LogP contribution in [0.4, 0.5) is 27.8 Å². The van der Waals surface area contributed by atoms with Crippen LogP contribution in [0.2, 0.25) is 0 Å². The second-order valence-corrected chi connectivity index (χ2v) is 9.59. The molecule has 39 heavy (non-hydrogen) atoms. The number of aromatic nitrogens is 4. The highest BCUT2D eigenvalue weighted by Crippen LogP contribution is 2.34. The smallest absolute Gasteiger partial charge is 0.478 e. The second kappa shape index (κ2) is 11.9. The number of benzene rings is 1. The molecule has 1 aliphatic rings. The van der Waals surface area contributed by atoms with Gasteiger partial charge in [0, 0.05) is 24.6 Å². The Bertz CT molecular complexity index is 1330. The first-order valence-corrected chi connectivity index (χ1v) is 12.4. The third-order valence-corrected chi connectivity index (χ3v) is 6.78. The number of halogens is 4. The molecule has 0 aliphatic heterocycles. The van der Waals surface area contributed by atoms with Crippen LogP contribution in [-0.2, 0) is 9.53 Å². The summed E-state index contributed by atoms with van der Waals surface area (Å²) in [7, 11) is 1.11. The molecule has 11 nitrogen and oxygen atoms in total. The Morgan fingerprint density at radius 2 is 1.82 bits per heavy atom. The van der Waals surface area contributed by atoms with Gasteiger partial charge in [-0.2, -0.15) is 10.2 Å². The van der Waals surface area contributed by atoms with Crippen molar-refractivity contribution in [1.82, 2.24) is 20.4 Å². The van der Waals surface area contributed by atoms with Gasteiger partial charge in [0.1, 0.15) is 11.6 Å². The molecule has 4 rings (SSSR count). The predicted molar refractivity (Wildman–Crippen MR) is 129 cm³/mol. The first kappa shape index (κ1) is 28.1. The number of carbonyl (C=O) groups is 2. The van der Waals surface area contributed by atoms with Gasteiger partial charge in [0.15, 0.2) is 6.10 Å². The van der Waals surface area contributed by atoms with Crippen LogP contribution in [0.15, 0.2) is 30.5 Å². The summed E-state index contributed by atoms with van der Waals surface area (Å²) in [5, 5.41) is 31.0. The SMILES string of the molecule is CO[C@H](C(=O)Nc1nnc(N[C@H]2CC[C@H](c3cc(C(=O)O)cnn3)CC2)s1)c1cc(OC(F)(F)F)ccc1F. The van der Waals surface area contributed by atoms with Crippen molar-refractivity contribution in [2.75, 3.05) is 17.7 Å². The third-order valence-electron chi connectivity index (χ3n) is 6.01. The highest BCUT2D eigenvalue weighted by atomic mass is 32.1. The number of anilines is 2. The van der Waals surface area contributed by atoms with Gasteiger partial charge in [-0.15, -0.1) is 23.4 Å². The molecule has 0 spiro atoms. The minimum Gasteiger partial charge on any atom is -0.478 e. The molecule has 1 saturated carbocycles. The summed E-state index contributed by atoms with van der Waals surface area (Å²) in [6.07, 6.45) is -2.39. The number of amides is 1. The van der Waals surface area contributed by atoms with Crippen LogP contribution in [0.5, 0.6) is 5.75 Å². The van der Waals surface area contributed by atoms with E-state index in [9.17, 15) is 27.2 Å². The van der Waals surface area contributed by atoms with Crippen molar-refractivity contribution < 1.29 is 41.7 Å². The average molecular weight is 571 g/mol. The Morgan fingerprint density at radius 3 is 2.49 bits per heavy atom. The molecule has 2 heterocycles. The Kier molecular flexibility index (Phi) is 8.54. The van der Waals surface area contributed by atoms with Crippen molar-refractivity contribution in [2.24, 2.45) is 0 Å². The molecule has 208 valence electrons. The van der Waals surface area contributed by atoms with E-state index in [1.165, 1.54) is 12.3 Å². The van der Waals surface area contributed by atoms with Crippen LogP contribution in [-0.4, -0.2) is 56.9 Å². The van der Waals surface area contributed by atoms with Crippen molar-refractivity contribution in [2.45, 2.75) is 50.1 Å². The van der Waals surface area contributed by atoms with E-state index in [2.05, 4.69) is 35.8 Å². The van der Waals surface area contributed by atoms with Crippen LogP contribution >= 0.6 is 11.3 Å². The van der Waals surface area contributed by atoms with E-state index in [1.54, 1.807) is 0 Å². The van der Waals surface area contributed by atoms with Gasteiger partial charge in [0.2, 0.25) is 10.3 Å². The second-order valence-electron chi connectivity index (χ2n) is 8.62. The Labute approximate surface area is 222 Å². The van der Waals surface area contributed by atoms with Crippen molar-refractivity contribution >= 4 is 33.5 Å². The monoisotopic (exact) mass is 570 g/mol. The molecule has 1 aliphatic carbocycles. The molecule has 3 aromatic rings. The number of nitrogens with one attached hydrogen (secondary N) is 2. The van der Waals surface area contributed by atoms with Crippen LogP contribution in [0.1, 0.15) is 59.3 Å². The highest BCUT2D eigenvalue weighted by Gasteiger charge is 2.33. The van der Waals surface area contributed by atoms with Crippen LogP contribution in [0.25, 0.3) is 0 Å². The fraction of sp³-hybridized carbons (Fsp3) is 0.391. The Morgan fingerprint density at radius 1 is 1.10 bits per heavy atom. The number of alkyl halides is 3. The third kappa shape index (κ3) is 7.35. The zero-order chi connectivity index (χ0) is 28.2. The number of hydrogen-bond acceptors (Lipinski definition) is 10. The number of aromatic carboxylic acids is 1. The van der Waals surface area contributed by atoms with Gasteiger partial charge in [-0.05, 0) is 49.9 Å². The standard InChI is InChI=1S/C23H22F4N6O5S/c1-37-18(15-9-14(6-7-16(15)24)38-23(25,26)27)19(34)30-22-33-32-21(39-22)29-13-4-2-11(3-5-13)17-8-12(20(35)36)10-28-31-17/h6-11,13,18H,2-5H2,1H3,(H,29,32)(H,35,36)(H,30,33,34)/t11-,13-,18-/m0/s1. The molecule has 1 atom stereocenters. The maximum atomic E-state index is 14.3. The van der Waals surface area contributed by atoms with E-state index in [4.69, 9.17) is 9.84 Å². The topological polar surface area (TPSA) is 148 Å². The fourth-order valence-corrected chi connectivity index (χ4v) is 4.93. The van der Waals surface area contributed by atoms with Crippen LogP contribution in [0, 0.1) is 5.82 Å². The lowest BCUT2D eigenvalue weighted by atomic mass is 9.84. The molecule has 0 radical (unpaired) electrons. The number of rotatable bonds is 9. The number of carbonyl (C=O) groups excluding carboxylic acids is 1. The minimum atomic E-state index is -4.99. The van der Waals surface area contributed by atoms with Crippen LogP contribution in [0.3, 0.4) is 0 Å². The van der Waals surface area contributed by atoms with Gasteiger partial charge in [-0.25, -0.2) is 9.18 Å². The van der Waals surface area contributed by atoms with Gasteiger partial charge in [0.25, 0.3) is 5.91 Å². The van der Waals surface area contributed by atoms with E-state index in [-0.39, 0.29) is 22.7 Å². The summed E-state index contributed by atoms with van der Waals surface area (Å²) in [5.41, 5.74) is 0.272. The Hall–Kier alpha value is -3.92. The van der Waals surface area contributed by atoms with Gasteiger partial charge in [0.05, 0.1) is 17.5 Å². The zero-order valence-electron chi connectivity index (χ0n) is 20.2. The number of carboxylic acids is 1. The molecular weight excluding hydrogens is 548 g/mol. The minimum absolute atomic E-state index is 0.0468. The normalized spacial score (nSPS) is 18.3. The van der Waals surface area contributed by atoms with Gasteiger partial charge in [-0.3, -0.25) is 10.1 Å². The molecule has 0 unspecified atom stereocenters. The quantitative estimate of drug-likeness (QED) is 0.313. The number of nitrogens with zero attached hydrogens (tertiary/aromatic N) is 4. The largest absolute Gasteiger partial charge is 0.573 e. The summed E-state index contributed by atoms with van der Waals surface area (Å²) in [6, 6.07) is 3.85. The number of carboxylic acid groups (broad SMARTS) is 1. The van der Waals surface area contributed by atoms with Crippen LogP contribution < -0.4 is 15.4 Å². The van der Waals surface area contributed by atoms with Gasteiger partial charge >= 0.3 is 12.3 Å². The maximum Gasteiger partial charge on any atom is 0.573 e. The number of methoxy groups -OCH3 is 1. The molecule has 2 aromatic heterocycles. The first-order chi connectivity index (χ1) is 18.5. The molecule has 1 fully saturated rings. The van der Waals surface area contributed by atoms with E-state index in [1.807, 2.05) is 0 Å². The maximum absolute atomic E-state index is 14.3. The zero-order valence-corrected chi connectivity index (χ0v) is 21.1. The van der Waals surface area contributed by atoms with E-state index in [0.29, 0.717) is 10.8 Å². The van der Waals surface area contributed by atoms with Gasteiger partial charge < -0.3 is 19.9 Å². The van der Waals surface area contributed by atoms with Crippen molar-refractivity contribution in [3.63, 3.8) is 0 Å². The Balaban J connectivity index is 1.34. The average Bonchev–Trinajstić information content (AvgIpc) is 3.32. The van der Waals surface area contributed by atoms with E-state index >= 15 is 0 Å². The van der Waals surface area contributed by atoms with Crippen molar-refractivity contribution in [1.29, 1.82) is 0 Å². The molecule has 0 bridgehead atoms. The lowest BCUT2D eigenvalue weighted by Gasteiger charge is -2.28. The highest BCUT2D eigenvalue weighted by molar-refractivity contribution is 7.19. The molecular formula is C23H22F4N6O5S. The predicted octanol–water partition coefficient (Wildman–Crippen LogP) is 4.53. The molecule has 16 heteroatoms. The first-order valence-electron chi connectivity index (χ1n) is 11.6. The molecule has 1 amide bonds. The van der Waals surface area contributed by atoms with E-state index < -0.39 is 41.5 Å². The summed E-state index contributed by atoms with van der Waals surface area (Å²) < 4.78 is 60.8. The fourth-order valence-electron chi connectivity index (χ4n) is 4.21. The summed E-state index contributed by atoms with van der Waals surface area (Å²) in [5.74, 6) is -3.51. The lowest BCUT2D eigenvalue weighted by Crippen LogP contribution is -2.25. The number of ether oxygens (including phenoxy) is 2. The molecule has 1 aromatic carbocycles. The van der Waals surface area contributed by atoms with Crippen molar-refractivity contribution in [3.8, 4) is 5.75 Å². The lowest BCUT2D eigenvalue weighted by molar-refractivity contribution is -0.274. The van der Waals surface area contributed by atoms with Crippen molar-refractivity contribution in [3.05, 3.63) is 53.1 Å². The molecule has 0 saturated heterocycles. The summed E-state index contributed by atoms with van der Waals surface area (Å²) >= 11 is 1.02. The van der Waals surface area contributed by atoms with E-state index in [0.717, 1.165) is 62.3 Å².